The Kier molecular flexibility index (Phi) is 4.65. The molecule has 0 aliphatic heterocycles. The quantitative estimate of drug-likeness (QED) is 0.473. The Morgan fingerprint density at radius 3 is 2.47 bits per heavy atom. The molecule has 0 radical (unpaired) electrons. The van der Waals surface area contributed by atoms with Gasteiger partial charge in [0.2, 0.25) is 5.65 Å². The largest absolute Gasteiger partial charge is 0.428 e. The molecule has 4 aromatic rings. The van der Waals surface area contributed by atoms with Gasteiger partial charge >= 0.3 is 11.6 Å². The predicted octanol–water partition coefficient (Wildman–Crippen LogP) is 3.67. The first-order valence-corrected chi connectivity index (χ1v) is 11.2. The van der Waals surface area contributed by atoms with Crippen molar-refractivity contribution in [1.29, 1.82) is 0 Å². The van der Waals surface area contributed by atoms with Gasteiger partial charge in [-0.1, -0.05) is 50.6 Å². The number of fused-ring (bicyclic) bond motifs is 1. The number of nitrogens with two attached hydrogens (primary N) is 1. The molecule has 0 amide bonds. The number of H-pyrrole nitrogens is 1. The van der Waals surface area contributed by atoms with Crippen molar-refractivity contribution in [3.8, 4) is 22.4 Å². The van der Waals surface area contributed by atoms with Gasteiger partial charge in [0.25, 0.3) is 0 Å². The van der Waals surface area contributed by atoms with Crippen molar-refractivity contribution in [2.75, 3.05) is 5.73 Å². The number of rotatable bonds is 5. The highest BCUT2D eigenvalue weighted by Gasteiger charge is 2.49. The van der Waals surface area contributed by atoms with Gasteiger partial charge in [0, 0.05) is 17.0 Å². The zero-order valence-electron chi connectivity index (χ0n) is 19.0. The molecule has 164 valence electrons. The topological polar surface area (TPSA) is 93.7 Å². The molecule has 1 aromatic carbocycles. The zero-order valence-corrected chi connectivity index (χ0v) is 19.0. The Morgan fingerprint density at radius 2 is 1.84 bits per heavy atom. The van der Waals surface area contributed by atoms with E-state index in [1.165, 1.54) is 4.40 Å². The smallest absolute Gasteiger partial charge is 0.319 e. The predicted molar refractivity (Wildman–Crippen MR) is 125 cm³/mol. The lowest BCUT2D eigenvalue weighted by Crippen LogP contribution is -2.44. The van der Waals surface area contributed by atoms with Crippen LogP contribution in [0.15, 0.2) is 47.3 Å². The van der Waals surface area contributed by atoms with Crippen molar-refractivity contribution >= 4 is 11.6 Å². The standard InChI is InChI=1S/C25H28N6O/c1-5-25(4)13-19(25)14-30-24(32)31-22(29-30)20(18-11-15(2)27-16(3)12-18)21(28-23(31)26)17-9-7-6-8-10-17/h6-12,19H,5,13-14H2,1-4H3,(H2,26,27,28,29)/p+1. The Labute approximate surface area is 187 Å². The Balaban J connectivity index is 1.78. The van der Waals surface area contributed by atoms with Crippen LogP contribution < -0.4 is 15.8 Å². The summed E-state index contributed by atoms with van der Waals surface area (Å²) in [5.74, 6) is 0.662. The minimum Gasteiger partial charge on any atom is -0.319 e. The average molecular weight is 430 g/mol. The number of benzene rings is 1. The highest BCUT2D eigenvalue weighted by atomic mass is 16.2. The lowest BCUT2D eigenvalue weighted by molar-refractivity contribution is -0.516. The maximum Gasteiger partial charge on any atom is 0.428 e. The highest BCUT2D eigenvalue weighted by molar-refractivity contribution is 5.88. The molecule has 3 N–H and O–H groups in total. The molecule has 3 heterocycles. The van der Waals surface area contributed by atoms with E-state index in [0.29, 0.717) is 23.5 Å². The third-order valence-corrected chi connectivity index (χ3v) is 6.98. The van der Waals surface area contributed by atoms with Gasteiger partial charge in [-0.3, -0.25) is 4.98 Å². The zero-order chi connectivity index (χ0) is 22.6. The number of aromatic nitrogens is 5. The maximum absolute atomic E-state index is 13.3. The van der Waals surface area contributed by atoms with Crippen molar-refractivity contribution in [3.63, 3.8) is 0 Å². The SMILES string of the molecule is CCC1(C)CC1Cn1[nH]c2c(-c3cc(C)nc(C)c3)c(-c3ccccc3)nc(N)[n+]2c1=O. The van der Waals surface area contributed by atoms with Crippen molar-refractivity contribution < 1.29 is 4.40 Å². The van der Waals surface area contributed by atoms with Crippen LogP contribution in [0.1, 0.15) is 38.1 Å². The molecule has 32 heavy (non-hydrogen) atoms. The van der Waals surface area contributed by atoms with Gasteiger partial charge in [0.1, 0.15) is 5.69 Å². The molecule has 1 aliphatic carbocycles. The number of aryl methyl sites for hydroxylation is 2. The van der Waals surface area contributed by atoms with Crippen molar-refractivity contribution in [3.05, 3.63) is 64.3 Å². The van der Waals surface area contributed by atoms with Gasteiger partial charge in [-0.2, -0.15) is 4.68 Å². The molecule has 0 saturated heterocycles. The molecule has 0 bridgehead atoms. The van der Waals surface area contributed by atoms with Gasteiger partial charge in [0.05, 0.1) is 12.1 Å². The second kappa shape index (κ2) is 7.29. The lowest BCUT2D eigenvalue weighted by Gasteiger charge is -2.10. The van der Waals surface area contributed by atoms with Crippen LogP contribution in [0.4, 0.5) is 5.95 Å². The molecule has 1 saturated carbocycles. The number of nitrogens with one attached hydrogen (secondary N) is 1. The van der Waals surface area contributed by atoms with E-state index in [4.69, 9.17) is 10.7 Å². The number of nitrogens with zero attached hydrogens (tertiary/aromatic N) is 4. The lowest BCUT2D eigenvalue weighted by atomic mass is 9.99. The van der Waals surface area contributed by atoms with Crippen LogP contribution in [-0.4, -0.2) is 19.7 Å². The summed E-state index contributed by atoms with van der Waals surface area (Å²) in [4.78, 5) is 22.6. The Morgan fingerprint density at radius 1 is 1.16 bits per heavy atom. The molecule has 5 rings (SSSR count). The molecule has 1 aliphatic rings. The van der Waals surface area contributed by atoms with Crippen LogP contribution >= 0.6 is 0 Å². The Bertz CT molecular complexity index is 1370. The third-order valence-electron chi connectivity index (χ3n) is 6.98. The molecule has 2 unspecified atom stereocenters. The summed E-state index contributed by atoms with van der Waals surface area (Å²) in [5.41, 5.74) is 12.4. The van der Waals surface area contributed by atoms with Crippen LogP contribution in [-0.2, 0) is 6.54 Å². The van der Waals surface area contributed by atoms with Crippen LogP contribution in [0.2, 0.25) is 0 Å². The summed E-state index contributed by atoms with van der Waals surface area (Å²) in [6, 6.07) is 14.0. The van der Waals surface area contributed by atoms with E-state index in [2.05, 4.69) is 23.9 Å². The number of nitrogen functional groups attached to an aromatic ring is 1. The fraction of sp³-hybridized carbons (Fsp3) is 0.360. The first kappa shape index (κ1) is 20.4. The Hall–Kier alpha value is -3.48. The fourth-order valence-electron chi connectivity index (χ4n) is 4.78. The fourth-order valence-corrected chi connectivity index (χ4v) is 4.78. The highest BCUT2D eigenvalue weighted by Crippen LogP contribution is 2.55. The van der Waals surface area contributed by atoms with Crippen LogP contribution in [0, 0.1) is 25.2 Å². The van der Waals surface area contributed by atoms with Crippen molar-refractivity contribution in [2.45, 2.75) is 47.1 Å². The summed E-state index contributed by atoms with van der Waals surface area (Å²) in [5, 5.41) is 3.38. The summed E-state index contributed by atoms with van der Waals surface area (Å²) in [7, 11) is 0. The van der Waals surface area contributed by atoms with Gasteiger partial charge < -0.3 is 5.73 Å². The van der Waals surface area contributed by atoms with Crippen LogP contribution in [0.3, 0.4) is 0 Å². The van der Waals surface area contributed by atoms with Gasteiger partial charge in [-0.05, 0) is 49.3 Å². The van der Waals surface area contributed by atoms with Crippen LogP contribution in [0.25, 0.3) is 28.0 Å². The average Bonchev–Trinajstić information content (AvgIpc) is 3.29. The first-order valence-electron chi connectivity index (χ1n) is 11.2. The number of hydrogen-bond donors (Lipinski definition) is 2. The number of anilines is 1. The van der Waals surface area contributed by atoms with Gasteiger partial charge in [-0.15, -0.1) is 9.38 Å². The second-order valence-electron chi connectivity index (χ2n) is 9.30. The minimum absolute atomic E-state index is 0.180. The molecular formula is C25H29N6O+. The summed E-state index contributed by atoms with van der Waals surface area (Å²) < 4.78 is 3.19. The maximum atomic E-state index is 13.3. The van der Waals surface area contributed by atoms with Crippen molar-refractivity contribution in [2.24, 2.45) is 11.3 Å². The van der Waals surface area contributed by atoms with E-state index in [1.807, 2.05) is 56.3 Å². The number of hydrogen-bond acceptors (Lipinski definition) is 4. The van der Waals surface area contributed by atoms with E-state index in [1.54, 1.807) is 4.68 Å². The molecule has 1 fully saturated rings. The van der Waals surface area contributed by atoms with Gasteiger partial charge in [0.15, 0.2) is 0 Å². The first-order chi connectivity index (χ1) is 15.3. The van der Waals surface area contributed by atoms with E-state index in [9.17, 15) is 4.79 Å². The summed E-state index contributed by atoms with van der Waals surface area (Å²) in [6.07, 6.45) is 2.25. The number of aromatic amines is 1. The van der Waals surface area contributed by atoms with E-state index in [-0.39, 0.29) is 11.6 Å². The van der Waals surface area contributed by atoms with E-state index >= 15 is 0 Å². The molecule has 3 aromatic heterocycles. The summed E-state index contributed by atoms with van der Waals surface area (Å²) >= 11 is 0. The monoisotopic (exact) mass is 429 g/mol. The normalized spacial score (nSPS) is 20.1. The number of pyridine rings is 1. The van der Waals surface area contributed by atoms with Gasteiger partial charge in [-0.25, -0.2) is 9.89 Å². The molecular weight excluding hydrogens is 400 g/mol. The van der Waals surface area contributed by atoms with Crippen molar-refractivity contribution in [1.82, 2.24) is 19.7 Å². The molecule has 0 spiro atoms. The third kappa shape index (κ3) is 3.28. The molecule has 2 atom stereocenters. The molecule has 7 nitrogen and oxygen atoms in total. The van der Waals surface area contributed by atoms with Crippen LogP contribution in [0.5, 0.6) is 0 Å². The van der Waals surface area contributed by atoms with E-state index < -0.39 is 0 Å². The molecule has 7 heteroatoms. The second-order valence-corrected chi connectivity index (χ2v) is 9.30. The summed E-state index contributed by atoms with van der Waals surface area (Å²) in [6.45, 7) is 9.10. The minimum atomic E-state index is -0.182. The van der Waals surface area contributed by atoms with E-state index in [0.717, 1.165) is 46.6 Å².